The van der Waals surface area contributed by atoms with E-state index in [0.29, 0.717) is 12.6 Å². The second-order valence-corrected chi connectivity index (χ2v) is 5.10. The van der Waals surface area contributed by atoms with Crippen molar-refractivity contribution in [2.24, 2.45) is 0 Å². The number of nitrogens with one attached hydrogen (secondary N) is 1. The van der Waals surface area contributed by atoms with E-state index in [-0.39, 0.29) is 0 Å². The number of ether oxygens (including phenoxy) is 3. The maximum atomic E-state index is 5.80. The molecule has 0 amide bonds. The summed E-state index contributed by atoms with van der Waals surface area (Å²) >= 11 is 0. The van der Waals surface area contributed by atoms with Gasteiger partial charge in [-0.2, -0.15) is 0 Å². The minimum Gasteiger partial charge on any atom is -0.497 e. The van der Waals surface area contributed by atoms with Crippen LogP contribution in [0, 0.1) is 0 Å². The van der Waals surface area contributed by atoms with Gasteiger partial charge in [-0.05, 0) is 30.8 Å². The topological polar surface area (TPSA) is 43.0 Å². The first-order valence-electron chi connectivity index (χ1n) is 7.63. The van der Waals surface area contributed by atoms with E-state index >= 15 is 0 Å². The van der Waals surface area contributed by atoms with Crippen molar-refractivity contribution in [3.8, 4) is 11.5 Å². The standard InChI is InChI=1S/C16H26N2O3/c1-3-17-12-14-13-20-10-8-18(14)9-11-21-16-6-4-15(19-2)5-7-16/h4-7,14,17H,3,8-13H2,1-2H3. The SMILES string of the molecule is CCNCC1COCCN1CCOc1ccc(OC)cc1. The van der Waals surface area contributed by atoms with Crippen LogP contribution in [0.15, 0.2) is 24.3 Å². The van der Waals surface area contributed by atoms with Gasteiger partial charge in [-0.15, -0.1) is 0 Å². The first kappa shape index (κ1) is 16.1. The number of benzene rings is 1. The second-order valence-electron chi connectivity index (χ2n) is 5.10. The molecule has 5 heteroatoms. The molecule has 1 N–H and O–H groups in total. The summed E-state index contributed by atoms with van der Waals surface area (Å²) in [6.07, 6.45) is 0. The van der Waals surface area contributed by atoms with Crippen LogP contribution in [0.3, 0.4) is 0 Å². The molecule has 5 nitrogen and oxygen atoms in total. The third-order valence-corrected chi connectivity index (χ3v) is 3.69. The van der Waals surface area contributed by atoms with Crippen molar-refractivity contribution in [2.75, 3.05) is 53.1 Å². The van der Waals surface area contributed by atoms with E-state index in [4.69, 9.17) is 14.2 Å². The minimum atomic E-state index is 0.443. The van der Waals surface area contributed by atoms with Gasteiger partial charge in [0.2, 0.25) is 0 Å². The Morgan fingerprint density at radius 3 is 2.76 bits per heavy atom. The van der Waals surface area contributed by atoms with Gasteiger partial charge in [0.25, 0.3) is 0 Å². The van der Waals surface area contributed by atoms with E-state index < -0.39 is 0 Å². The molecule has 0 spiro atoms. The summed E-state index contributed by atoms with van der Waals surface area (Å²) in [4.78, 5) is 2.44. The normalized spacial score (nSPS) is 19.4. The van der Waals surface area contributed by atoms with Crippen molar-refractivity contribution in [1.29, 1.82) is 0 Å². The molecule has 0 radical (unpaired) electrons. The molecular weight excluding hydrogens is 268 g/mol. The predicted octanol–water partition coefficient (Wildman–Crippen LogP) is 1.38. The number of hydrogen-bond donors (Lipinski definition) is 1. The molecule has 0 aliphatic carbocycles. The van der Waals surface area contributed by atoms with Crippen molar-refractivity contribution >= 4 is 0 Å². The third kappa shape index (κ3) is 5.19. The Morgan fingerprint density at radius 2 is 2.05 bits per heavy atom. The molecule has 1 aliphatic rings. The average Bonchev–Trinajstić information content (AvgIpc) is 2.54. The van der Waals surface area contributed by atoms with E-state index in [1.54, 1.807) is 7.11 Å². The monoisotopic (exact) mass is 294 g/mol. The maximum absolute atomic E-state index is 5.80. The zero-order valence-corrected chi connectivity index (χ0v) is 13.0. The van der Waals surface area contributed by atoms with Crippen LogP contribution in [0.4, 0.5) is 0 Å². The molecule has 1 aromatic rings. The van der Waals surface area contributed by atoms with Crippen LogP contribution in [0.25, 0.3) is 0 Å². The van der Waals surface area contributed by atoms with Crippen molar-refractivity contribution in [3.63, 3.8) is 0 Å². The van der Waals surface area contributed by atoms with Crippen LogP contribution < -0.4 is 14.8 Å². The molecule has 0 saturated carbocycles. The lowest BCUT2D eigenvalue weighted by Gasteiger charge is -2.35. The largest absolute Gasteiger partial charge is 0.497 e. The Bertz CT molecular complexity index is 397. The molecule has 1 unspecified atom stereocenters. The molecule has 1 fully saturated rings. The summed E-state index contributed by atoms with van der Waals surface area (Å²) in [5.74, 6) is 1.73. The molecule has 21 heavy (non-hydrogen) atoms. The van der Waals surface area contributed by atoms with Crippen LogP contribution >= 0.6 is 0 Å². The fourth-order valence-electron chi connectivity index (χ4n) is 2.44. The molecular formula is C16H26N2O3. The first-order chi connectivity index (χ1) is 10.3. The van der Waals surface area contributed by atoms with Crippen molar-refractivity contribution < 1.29 is 14.2 Å². The summed E-state index contributed by atoms with van der Waals surface area (Å²) in [5.41, 5.74) is 0. The summed E-state index contributed by atoms with van der Waals surface area (Å²) in [6, 6.07) is 8.15. The predicted molar refractivity (Wildman–Crippen MR) is 83.2 cm³/mol. The van der Waals surface area contributed by atoms with Crippen LogP contribution in [-0.2, 0) is 4.74 Å². The Kier molecular flexibility index (Phi) is 6.79. The smallest absolute Gasteiger partial charge is 0.119 e. The van der Waals surface area contributed by atoms with Gasteiger partial charge in [0.15, 0.2) is 0 Å². The lowest BCUT2D eigenvalue weighted by Crippen LogP contribution is -2.51. The first-order valence-corrected chi connectivity index (χ1v) is 7.63. The van der Waals surface area contributed by atoms with Gasteiger partial charge >= 0.3 is 0 Å². The van der Waals surface area contributed by atoms with Crippen molar-refractivity contribution in [1.82, 2.24) is 10.2 Å². The summed E-state index contributed by atoms with van der Waals surface area (Å²) in [5, 5.41) is 3.39. The van der Waals surface area contributed by atoms with Gasteiger partial charge in [0.1, 0.15) is 18.1 Å². The lowest BCUT2D eigenvalue weighted by atomic mass is 10.2. The highest BCUT2D eigenvalue weighted by Gasteiger charge is 2.22. The van der Waals surface area contributed by atoms with Crippen LogP contribution in [0.2, 0.25) is 0 Å². The summed E-state index contributed by atoms with van der Waals surface area (Å²) in [7, 11) is 1.67. The van der Waals surface area contributed by atoms with Gasteiger partial charge in [-0.3, -0.25) is 4.90 Å². The number of hydrogen-bond acceptors (Lipinski definition) is 5. The Balaban J connectivity index is 1.74. The molecule has 118 valence electrons. The number of methoxy groups -OCH3 is 1. The molecule has 1 heterocycles. The number of morpholine rings is 1. The molecule has 1 saturated heterocycles. The molecule has 1 aliphatic heterocycles. The Morgan fingerprint density at radius 1 is 1.29 bits per heavy atom. The maximum Gasteiger partial charge on any atom is 0.119 e. The lowest BCUT2D eigenvalue weighted by molar-refractivity contribution is -0.0113. The van der Waals surface area contributed by atoms with Crippen LogP contribution in [-0.4, -0.2) is 64.1 Å². The van der Waals surface area contributed by atoms with E-state index in [9.17, 15) is 0 Å². The molecule has 1 atom stereocenters. The summed E-state index contributed by atoms with van der Waals surface area (Å²) in [6.45, 7) is 8.29. The second kappa shape index (κ2) is 8.87. The number of rotatable bonds is 8. The van der Waals surface area contributed by atoms with Crippen molar-refractivity contribution in [2.45, 2.75) is 13.0 Å². The zero-order valence-electron chi connectivity index (χ0n) is 13.0. The summed E-state index contributed by atoms with van der Waals surface area (Å²) < 4.78 is 16.5. The van der Waals surface area contributed by atoms with Gasteiger partial charge < -0.3 is 19.5 Å². The highest BCUT2D eigenvalue weighted by Crippen LogP contribution is 2.17. The zero-order chi connectivity index (χ0) is 14.9. The van der Waals surface area contributed by atoms with Gasteiger partial charge in [0.05, 0.1) is 20.3 Å². The fraction of sp³-hybridized carbons (Fsp3) is 0.625. The van der Waals surface area contributed by atoms with E-state index in [1.807, 2.05) is 24.3 Å². The van der Waals surface area contributed by atoms with E-state index in [2.05, 4.69) is 17.1 Å². The van der Waals surface area contributed by atoms with Crippen LogP contribution in [0.5, 0.6) is 11.5 Å². The van der Waals surface area contributed by atoms with Crippen LogP contribution in [0.1, 0.15) is 6.92 Å². The van der Waals surface area contributed by atoms with Gasteiger partial charge in [0, 0.05) is 25.7 Å². The Hall–Kier alpha value is -1.30. The quantitative estimate of drug-likeness (QED) is 0.785. The average molecular weight is 294 g/mol. The van der Waals surface area contributed by atoms with E-state index in [1.165, 1.54) is 0 Å². The van der Waals surface area contributed by atoms with Crippen molar-refractivity contribution in [3.05, 3.63) is 24.3 Å². The molecule has 0 aromatic heterocycles. The number of nitrogens with zero attached hydrogens (tertiary/aromatic N) is 1. The third-order valence-electron chi connectivity index (χ3n) is 3.69. The van der Waals surface area contributed by atoms with Gasteiger partial charge in [-0.1, -0.05) is 6.92 Å². The molecule has 1 aromatic carbocycles. The van der Waals surface area contributed by atoms with E-state index in [0.717, 1.165) is 50.9 Å². The van der Waals surface area contributed by atoms with Gasteiger partial charge in [-0.25, -0.2) is 0 Å². The minimum absolute atomic E-state index is 0.443. The molecule has 2 rings (SSSR count). The number of likely N-dealkylation sites (N-methyl/N-ethyl adjacent to an activating group) is 1. The Labute approximate surface area is 127 Å². The fourth-order valence-corrected chi connectivity index (χ4v) is 2.44. The highest BCUT2D eigenvalue weighted by molar-refractivity contribution is 5.31. The molecule has 0 bridgehead atoms. The highest BCUT2D eigenvalue weighted by atomic mass is 16.5.